The molecule has 0 aliphatic carbocycles. The Hall–Kier alpha value is -1.26. The molecular formula is C14H19ClN2O2. The highest BCUT2D eigenvalue weighted by Crippen LogP contribution is 2.27. The van der Waals surface area contributed by atoms with E-state index in [1.54, 1.807) is 18.2 Å². The third-order valence-electron chi connectivity index (χ3n) is 2.95. The van der Waals surface area contributed by atoms with E-state index < -0.39 is 0 Å². The fourth-order valence-electron chi connectivity index (χ4n) is 2.03. The molecule has 1 N–H and O–H groups in total. The summed E-state index contributed by atoms with van der Waals surface area (Å²) in [6.45, 7) is 7.04. The summed E-state index contributed by atoms with van der Waals surface area (Å²) in [7, 11) is 0. The number of piperazine rings is 1. The average molecular weight is 283 g/mol. The van der Waals surface area contributed by atoms with Gasteiger partial charge in [-0.05, 0) is 32.0 Å². The first-order valence-electron chi connectivity index (χ1n) is 6.54. The Balaban J connectivity index is 2.12. The first-order valence-corrected chi connectivity index (χ1v) is 6.92. The fraction of sp³-hybridized carbons (Fsp3) is 0.500. The highest BCUT2D eigenvalue weighted by Gasteiger charge is 2.19. The Labute approximate surface area is 118 Å². The molecule has 1 aliphatic rings. The van der Waals surface area contributed by atoms with Gasteiger partial charge in [0.2, 0.25) is 0 Å². The van der Waals surface area contributed by atoms with Crippen molar-refractivity contribution < 1.29 is 9.53 Å². The average Bonchev–Trinajstić information content (AvgIpc) is 2.41. The second kappa shape index (κ2) is 6.26. The number of hydrogen-bond donors (Lipinski definition) is 1. The van der Waals surface area contributed by atoms with Crippen LogP contribution in [0.2, 0.25) is 5.02 Å². The number of carbonyl (C=O) groups is 1. The Bertz CT molecular complexity index is 457. The minimum absolute atomic E-state index is 0.0273. The number of benzene rings is 1. The molecule has 19 heavy (non-hydrogen) atoms. The van der Waals surface area contributed by atoms with Crippen LogP contribution in [0.25, 0.3) is 0 Å². The molecule has 1 fully saturated rings. The number of nitrogens with zero attached hydrogens (tertiary/aromatic N) is 1. The van der Waals surface area contributed by atoms with Crippen molar-refractivity contribution in [2.45, 2.75) is 20.0 Å². The van der Waals surface area contributed by atoms with Gasteiger partial charge in [0, 0.05) is 31.7 Å². The molecule has 104 valence electrons. The molecule has 0 radical (unpaired) electrons. The largest absolute Gasteiger partial charge is 0.489 e. The Morgan fingerprint density at radius 1 is 1.37 bits per heavy atom. The molecule has 2 rings (SSSR count). The van der Waals surface area contributed by atoms with E-state index in [4.69, 9.17) is 16.3 Å². The van der Waals surface area contributed by atoms with Gasteiger partial charge in [0.25, 0.3) is 5.91 Å². The van der Waals surface area contributed by atoms with Gasteiger partial charge in [0.05, 0.1) is 11.1 Å². The molecular weight excluding hydrogens is 264 g/mol. The number of hydrogen-bond acceptors (Lipinski definition) is 3. The maximum absolute atomic E-state index is 12.3. The number of nitrogens with one attached hydrogen (secondary N) is 1. The molecule has 1 aliphatic heterocycles. The zero-order valence-electron chi connectivity index (χ0n) is 11.3. The van der Waals surface area contributed by atoms with Gasteiger partial charge in [-0.3, -0.25) is 4.79 Å². The van der Waals surface area contributed by atoms with Crippen molar-refractivity contribution in [2.24, 2.45) is 0 Å². The molecule has 5 heteroatoms. The monoisotopic (exact) mass is 282 g/mol. The van der Waals surface area contributed by atoms with Crippen molar-refractivity contribution in [3.8, 4) is 5.75 Å². The summed E-state index contributed by atoms with van der Waals surface area (Å²) in [5.74, 6) is 0.646. The number of amides is 1. The Morgan fingerprint density at radius 3 is 2.63 bits per heavy atom. The van der Waals surface area contributed by atoms with Gasteiger partial charge in [0.15, 0.2) is 0 Å². The van der Waals surface area contributed by atoms with Crippen molar-refractivity contribution in [1.82, 2.24) is 10.2 Å². The van der Waals surface area contributed by atoms with Crippen molar-refractivity contribution >= 4 is 17.5 Å². The summed E-state index contributed by atoms with van der Waals surface area (Å²) >= 11 is 6.15. The molecule has 1 saturated heterocycles. The van der Waals surface area contributed by atoms with Crippen molar-refractivity contribution in [3.63, 3.8) is 0 Å². The zero-order chi connectivity index (χ0) is 13.8. The van der Waals surface area contributed by atoms with Crippen LogP contribution in [0.5, 0.6) is 5.75 Å². The first-order chi connectivity index (χ1) is 9.08. The number of carbonyl (C=O) groups excluding carboxylic acids is 1. The third-order valence-corrected chi connectivity index (χ3v) is 3.24. The molecule has 1 heterocycles. The Kier molecular flexibility index (Phi) is 4.66. The molecule has 0 saturated carbocycles. The van der Waals surface area contributed by atoms with Crippen LogP contribution in [-0.2, 0) is 0 Å². The summed E-state index contributed by atoms with van der Waals surface area (Å²) < 4.78 is 5.56. The lowest BCUT2D eigenvalue weighted by atomic mass is 10.1. The van der Waals surface area contributed by atoms with E-state index in [-0.39, 0.29) is 12.0 Å². The standard InChI is InChI=1S/C14H19ClN2O2/c1-10(2)19-13-4-3-11(9-12(13)15)14(18)17-7-5-16-6-8-17/h3-4,9-10,16H,5-8H2,1-2H3. The van der Waals surface area contributed by atoms with Crippen molar-refractivity contribution in [3.05, 3.63) is 28.8 Å². The fourth-order valence-corrected chi connectivity index (χ4v) is 2.26. The van der Waals surface area contributed by atoms with Crippen molar-refractivity contribution in [1.29, 1.82) is 0 Å². The second-order valence-electron chi connectivity index (χ2n) is 4.85. The quantitative estimate of drug-likeness (QED) is 0.924. The molecule has 4 nitrogen and oxygen atoms in total. The molecule has 0 spiro atoms. The lowest BCUT2D eigenvalue weighted by Crippen LogP contribution is -2.46. The smallest absolute Gasteiger partial charge is 0.253 e. The number of halogens is 1. The SMILES string of the molecule is CC(C)Oc1ccc(C(=O)N2CCNCC2)cc1Cl. The van der Waals surface area contributed by atoms with E-state index in [1.165, 1.54) is 0 Å². The van der Waals surface area contributed by atoms with Crippen LogP contribution in [0.3, 0.4) is 0 Å². The minimum atomic E-state index is 0.0273. The summed E-state index contributed by atoms with van der Waals surface area (Å²) in [6.07, 6.45) is 0.0622. The lowest BCUT2D eigenvalue weighted by molar-refractivity contribution is 0.0736. The second-order valence-corrected chi connectivity index (χ2v) is 5.26. The van der Waals surface area contributed by atoms with Crippen LogP contribution < -0.4 is 10.1 Å². The highest BCUT2D eigenvalue weighted by molar-refractivity contribution is 6.32. The van der Waals surface area contributed by atoms with Gasteiger partial charge in [-0.25, -0.2) is 0 Å². The highest BCUT2D eigenvalue weighted by atomic mass is 35.5. The molecule has 0 bridgehead atoms. The molecule has 0 atom stereocenters. The maximum atomic E-state index is 12.3. The maximum Gasteiger partial charge on any atom is 0.253 e. The van der Waals surface area contributed by atoms with E-state index in [0.717, 1.165) is 26.2 Å². The molecule has 1 amide bonds. The molecule has 0 aromatic heterocycles. The van der Waals surface area contributed by atoms with Crippen molar-refractivity contribution in [2.75, 3.05) is 26.2 Å². The van der Waals surface area contributed by atoms with Crippen LogP contribution in [-0.4, -0.2) is 43.1 Å². The number of ether oxygens (including phenoxy) is 1. The van der Waals surface area contributed by atoms with Gasteiger partial charge in [-0.1, -0.05) is 11.6 Å². The Morgan fingerprint density at radius 2 is 2.05 bits per heavy atom. The molecule has 0 unspecified atom stereocenters. The van der Waals surface area contributed by atoms with Gasteiger partial charge >= 0.3 is 0 Å². The lowest BCUT2D eigenvalue weighted by Gasteiger charge is -2.27. The van der Waals surface area contributed by atoms with E-state index in [1.807, 2.05) is 18.7 Å². The van der Waals surface area contributed by atoms with Gasteiger partial charge in [-0.15, -0.1) is 0 Å². The summed E-state index contributed by atoms with van der Waals surface area (Å²) in [6, 6.07) is 5.22. The van der Waals surface area contributed by atoms with Crippen LogP contribution >= 0.6 is 11.6 Å². The van der Waals surface area contributed by atoms with Crippen LogP contribution in [0.1, 0.15) is 24.2 Å². The topological polar surface area (TPSA) is 41.6 Å². The van der Waals surface area contributed by atoms with Crippen LogP contribution in [0.4, 0.5) is 0 Å². The minimum Gasteiger partial charge on any atom is -0.489 e. The van der Waals surface area contributed by atoms with Crippen LogP contribution in [0.15, 0.2) is 18.2 Å². The number of rotatable bonds is 3. The van der Waals surface area contributed by atoms with E-state index in [2.05, 4.69) is 5.32 Å². The normalized spacial score (nSPS) is 15.7. The summed E-state index contributed by atoms with van der Waals surface area (Å²) in [5, 5.41) is 3.70. The summed E-state index contributed by atoms with van der Waals surface area (Å²) in [4.78, 5) is 14.1. The predicted molar refractivity (Wildman–Crippen MR) is 76.0 cm³/mol. The van der Waals surface area contributed by atoms with E-state index in [0.29, 0.717) is 16.3 Å². The van der Waals surface area contributed by atoms with Gasteiger partial charge < -0.3 is 15.0 Å². The zero-order valence-corrected chi connectivity index (χ0v) is 12.0. The molecule has 1 aromatic rings. The third kappa shape index (κ3) is 3.61. The predicted octanol–water partition coefficient (Wildman–Crippen LogP) is 2.17. The van der Waals surface area contributed by atoms with Gasteiger partial charge in [-0.2, -0.15) is 0 Å². The van der Waals surface area contributed by atoms with Crippen LogP contribution in [0, 0.1) is 0 Å². The van der Waals surface area contributed by atoms with E-state index >= 15 is 0 Å². The summed E-state index contributed by atoms with van der Waals surface area (Å²) in [5.41, 5.74) is 0.614. The van der Waals surface area contributed by atoms with E-state index in [9.17, 15) is 4.79 Å². The molecule has 1 aromatic carbocycles. The first kappa shape index (κ1) is 14.2. The van der Waals surface area contributed by atoms with Gasteiger partial charge in [0.1, 0.15) is 5.75 Å².